The van der Waals surface area contributed by atoms with Gasteiger partial charge in [0, 0.05) is 19.6 Å². The van der Waals surface area contributed by atoms with Crippen molar-refractivity contribution in [2.24, 2.45) is 16.1 Å². The van der Waals surface area contributed by atoms with Crippen LogP contribution in [0.3, 0.4) is 0 Å². The van der Waals surface area contributed by atoms with Crippen molar-refractivity contribution in [1.82, 2.24) is 4.90 Å². The minimum atomic E-state index is 0. The molecule has 4 heteroatoms. The highest BCUT2D eigenvalue weighted by Crippen LogP contribution is 2.34. The van der Waals surface area contributed by atoms with Crippen molar-refractivity contribution in [2.45, 2.75) is 64.3 Å². The van der Waals surface area contributed by atoms with Crippen LogP contribution >= 0.6 is 24.0 Å². The predicted octanol–water partition coefficient (Wildman–Crippen LogP) is 3.37. The van der Waals surface area contributed by atoms with Crippen molar-refractivity contribution in [2.75, 3.05) is 13.6 Å². The SMILES string of the molecule is CN(C(N)=NCC1(C)CCCCCC1)C1CC1.I. The summed E-state index contributed by atoms with van der Waals surface area (Å²) in [6.45, 7) is 3.29. The van der Waals surface area contributed by atoms with E-state index in [1.807, 2.05) is 0 Å². The van der Waals surface area contributed by atoms with E-state index >= 15 is 0 Å². The molecule has 0 saturated heterocycles. The maximum Gasteiger partial charge on any atom is 0.191 e. The van der Waals surface area contributed by atoms with Crippen LogP contribution in [-0.2, 0) is 0 Å². The Hall–Kier alpha value is 0. The zero-order valence-electron chi connectivity index (χ0n) is 11.8. The molecule has 0 heterocycles. The molecule has 0 aromatic heterocycles. The molecule has 106 valence electrons. The first kappa shape index (κ1) is 16.1. The van der Waals surface area contributed by atoms with E-state index in [2.05, 4.69) is 23.9 Å². The molecule has 0 atom stereocenters. The van der Waals surface area contributed by atoms with Crippen molar-refractivity contribution in [1.29, 1.82) is 0 Å². The van der Waals surface area contributed by atoms with Crippen LogP contribution in [0.25, 0.3) is 0 Å². The third kappa shape index (κ3) is 4.59. The van der Waals surface area contributed by atoms with E-state index in [0.717, 1.165) is 12.5 Å². The van der Waals surface area contributed by atoms with Gasteiger partial charge in [-0.1, -0.05) is 32.6 Å². The van der Waals surface area contributed by atoms with Gasteiger partial charge in [-0.05, 0) is 31.1 Å². The van der Waals surface area contributed by atoms with Gasteiger partial charge in [-0.2, -0.15) is 0 Å². The lowest BCUT2D eigenvalue weighted by molar-refractivity contribution is 0.288. The maximum atomic E-state index is 6.05. The Kier molecular flexibility index (Phi) is 6.21. The summed E-state index contributed by atoms with van der Waals surface area (Å²) in [5, 5.41) is 0. The molecule has 0 aliphatic heterocycles. The average molecular weight is 365 g/mol. The number of nitrogens with two attached hydrogens (primary N) is 1. The van der Waals surface area contributed by atoms with Gasteiger partial charge < -0.3 is 10.6 Å². The average Bonchev–Trinajstić information content (AvgIpc) is 3.12. The number of rotatable bonds is 3. The van der Waals surface area contributed by atoms with Gasteiger partial charge in [-0.25, -0.2) is 0 Å². The summed E-state index contributed by atoms with van der Waals surface area (Å²) in [6, 6.07) is 0.667. The van der Waals surface area contributed by atoms with Gasteiger partial charge in [0.25, 0.3) is 0 Å². The number of nitrogens with zero attached hydrogens (tertiary/aromatic N) is 2. The second-order valence-electron chi connectivity index (χ2n) is 6.24. The molecule has 0 bridgehead atoms. The Balaban J connectivity index is 0.00000162. The van der Waals surface area contributed by atoms with Gasteiger partial charge in [0.05, 0.1) is 0 Å². The summed E-state index contributed by atoms with van der Waals surface area (Å²) < 4.78 is 0. The fourth-order valence-corrected chi connectivity index (χ4v) is 2.77. The van der Waals surface area contributed by atoms with Gasteiger partial charge in [0.1, 0.15) is 0 Å². The van der Waals surface area contributed by atoms with Crippen LogP contribution in [-0.4, -0.2) is 30.5 Å². The van der Waals surface area contributed by atoms with Gasteiger partial charge in [-0.3, -0.25) is 4.99 Å². The van der Waals surface area contributed by atoms with Crippen molar-refractivity contribution < 1.29 is 0 Å². The standard InChI is InChI=1S/C14H27N3.HI/c1-14(9-5-3-4-6-10-14)11-16-13(15)17(2)12-7-8-12;/h12H,3-11H2,1-2H3,(H2,15,16);1H. The highest BCUT2D eigenvalue weighted by atomic mass is 127. The Labute approximate surface area is 129 Å². The van der Waals surface area contributed by atoms with E-state index < -0.39 is 0 Å². The highest BCUT2D eigenvalue weighted by Gasteiger charge is 2.29. The molecule has 3 nitrogen and oxygen atoms in total. The predicted molar refractivity (Wildman–Crippen MR) is 88.5 cm³/mol. The smallest absolute Gasteiger partial charge is 0.191 e. The monoisotopic (exact) mass is 365 g/mol. The second kappa shape index (κ2) is 6.96. The molecule has 0 amide bonds. The molecule has 2 saturated carbocycles. The van der Waals surface area contributed by atoms with Crippen LogP contribution in [0.4, 0.5) is 0 Å². The number of hydrogen-bond donors (Lipinski definition) is 1. The summed E-state index contributed by atoms with van der Waals surface area (Å²) in [5.74, 6) is 0.748. The fourth-order valence-electron chi connectivity index (χ4n) is 2.77. The summed E-state index contributed by atoms with van der Waals surface area (Å²) >= 11 is 0. The quantitative estimate of drug-likeness (QED) is 0.361. The number of guanidine groups is 1. The molecule has 0 aromatic carbocycles. The first-order valence-electron chi connectivity index (χ1n) is 7.13. The van der Waals surface area contributed by atoms with Crippen molar-refractivity contribution in [3.63, 3.8) is 0 Å². The first-order chi connectivity index (χ1) is 8.11. The molecule has 0 aromatic rings. The fraction of sp³-hybridized carbons (Fsp3) is 0.929. The Morgan fingerprint density at radius 3 is 2.28 bits per heavy atom. The topological polar surface area (TPSA) is 41.6 Å². The van der Waals surface area contributed by atoms with E-state index in [-0.39, 0.29) is 24.0 Å². The lowest BCUT2D eigenvalue weighted by Gasteiger charge is -2.27. The van der Waals surface area contributed by atoms with Crippen LogP contribution in [0.2, 0.25) is 0 Å². The third-order valence-electron chi connectivity index (χ3n) is 4.39. The van der Waals surface area contributed by atoms with Crippen molar-refractivity contribution in [3.05, 3.63) is 0 Å². The first-order valence-corrected chi connectivity index (χ1v) is 7.13. The normalized spacial score (nSPS) is 24.0. The van der Waals surface area contributed by atoms with Crippen LogP contribution in [0.15, 0.2) is 4.99 Å². The Morgan fingerprint density at radius 1 is 1.22 bits per heavy atom. The van der Waals surface area contributed by atoms with Crippen LogP contribution in [0.1, 0.15) is 58.3 Å². The van der Waals surface area contributed by atoms with Crippen LogP contribution in [0, 0.1) is 5.41 Å². The van der Waals surface area contributed by atoms with E-state index in [0.29, 0.717) is 11.5 Å². The molecule has 2 fully saturated rings. The van der Waals surface area contributed by atoms with Gasteiger partial charge >= 0.3 is 0 Å². The molecular weight excluding hydrogens is 337 g/mol. The molecule has 0 radical (unpaired) electrons. The minimum absolute atomic E-state index is 0. The molecule has 2 N–H and O–H groups in total. The van der Waals surface area contributed by atoms with Gasteiger partial charge in [-0.15, -0.1) is 24.0 Å². The maximum absolute atomic E-state index is 6.05. The molecule has 2 aliphatic rings. The molecule has 2 rings (SSSR count). The molecule has 0 spiro atoms. The minimum Gasteiger partial charge on any atom is -0.370 e. The lowest BCUT2D eigenvalue weighted by atomic mass is 9.83. The van der Waals surface area contributed by atoms with E-state index in [1.54, 1.807) is 0 Å². The summed E-state index contributed by atoms with van der Waals surface area (Å²) in [7, 11) is 2.08. The molecular formula is C14H28IN3. The Morgan fingerprint density at radius 2 is 1.78 bits per heavy atom. The largest absolute Gasteiger partial charge is 0.370 e. The highest BCUT2D eigenvalue weighted by molar-refractivity contribution is 14.0. The molecule has 2 aliphatic carbocycles. The van der Waals surface area contributed by atoms with Crippen molar-refractivity contribution >= 4 is 29.9 Å². The van der Waals surface area contributed by atoms with Gasteiger partial charge in [0.15, 0.2) is 5.96 Å². The lowest BCUT2D eigenvalue weighted by Crippen LogP contribution is -2.36. The van der Waals surface area contributed by atoms with Gasteiger partial charge in [0.2, 0.25) is 0 Å². The molecule has 0 unspecified atom stereocenters. The van der Waals surface area contributed by atoms with Crippen LogP contribution in [0.5, 0.6) is 0 Å². The van der Waals surface area contributed by atoms with E-state index in [1.165, 1.54) is 51.4 Å². The van der Waals surface area contributed by atoms with E-state index in [4.69, 9.17) is 5.73 Å². The molecule has 18 heavy (non-hydrogen) atoms. The Bertz CT molecular complexity index is 279. The summed E-state index contributed by atoms with van der Waals surface area (Å²) in [5.41, 5.74) is 6.44. The number of halogens is 1. The second-order valence-corrected chi connectivity index (χ2v) is 6.24. The third-order valence-corrected chi connectivity index (χ3v) is 4.39. The zero-order valence-corrected chi connectivity index (χ0v) is 14.2. The van der Waals surface area contributed by atoms with Crippen molar-refractivity contribution in [3.8, 4) is 0 Å². The van der Waals surface area contributed by atoms with E-state index in [9.17, 15) is 0 Å². The van der Waals surface area contributed by atoms with Crippen LogP contribution < -0.4 is 5.73 Å². The number of hydrogen-bond acceptors (Lipinski definition) is 1. The summed E-state index contributed by atoms with van der Waals surface area (Å²) in [4.78, 5) is 6.80. The number of aliphatic imine (C=N–C) groups is 1. The summed E-state index contributed by atoms with van der Waals surface area (Å²) in [6.07, 6.45) is 10.7. The zero-order chi connectivity index (χ0) is 12.3.